The van der Waals surface area contributed by atoms with Gasteiger partial charge >= 0.3 is 0 Å². The second kappa shape index (κ2) is 14.5. The quantitative estimate of drug-likeness (QED) is 0.112. The Hall–Kier alpha value is -2.90. The number of aromatic nitrogens is 2. The number of aryl methyl sites for hydroxylation is 1. The number of ether oxygens (including phenoxy) is 1. The summed E-state index contributed by atoms with van der Waals surface area (Å²) in [6.07, 6.45) is 13.2. The summed E-state index contributed by atoms with van der Waals surface area (Å²) < 4.78 is 8.44. The molecule has 5 nitrogen and oxygen atoms in total. The Kier molecular flexibility index (Phi) is 10.8. The summed E-state index contributed by atoms with van der Waals surface area (Å²) in [5, 5.41) is 4.97. The molecule has 0 aliphatic carbocycles. The minimum atomic E-state index is -0.00615. The van der Waals surface area contributed by atoms with Crippen LogP contribution in [0.2, 0.25) is 0 Å². The lowest BCUT2D eigenvalue weighted by atomic mass is 10.0. The SMILES string of the molecule is CCCCCCCCN1C(=O)/C(=C/c2cn(-c3ccccc3)nc2-c2ccc(OCCCC)cc2C)SC1=S. The van der Waals surface area contributed by atoms with Gasteiger partial charge in [0.2, 0.25) is 0 Å². The first-order chi connectivity index (χ1) is 19.0. The fraction of sp³-hybridized carbons (Fsp3) is 0.406. The van der Waals surface area contributed by atoms with Gasteiger partial charge < -0.3 is 4.74 Å². The first kappa shape index (κ1) is 29.1. The summed E-state index contributed by atoms with van der Waals surface area (Å²) in [5.41, 5.74) is 4.78. The largest absolute Gasteiger partial charge is 0.494 e. The van der Waals surface area contributed by atoms with Crippen molar-refractivity contribution in [2.24, 2.45) is 0 Å². The van der Waals surface area contributed by atoms with E-state index < -0.39 is 0 Å². The van der Waals surface area contributed by atoms with Gasteiger partial charge in [0.15, 0.2) is 0 Å². The molecular weight excluding hydrogens is 523 g/mol. The van der Waals surface area contributed by atoms with Crippen LogP contribution < -0.4 is 4.74 Å². The van der Waals surface area contributed by atoms with Crippen molar-refractivity contribution >= 4 is 40.3 Å². The second-order valence-corrected chi connectivity index (χ2v) is 11.7. The Morgan fingerprint density at radius 1 is 0.974 bits per heavy atom. The first-order valence-corrected chi connectivity index (χ1v) is 15.4. The average Bonchev–Trinajstić information content (AvgIpc) is 3.47. The molecule has 39 heavy (non-hydrogen) atoms. The maximum Gasteiger partial charge on any atom is 0.266 e. The van der Waals surface area contributed by atoms with Crippen molar-refractivity contribution in [3.8, 4) is 22.7 Å². The highest BCUT2D eigenvalue weighted by atomic mass is 32.2. The number of amides is 1. The lowest BCUT2D eigenvalue weighted by Gasteiger charge is -2.14. The fourth-order valence-electron chi connectivity index (χ4n) is 4.63. The number of hydrogen-bond acceptors (Lipinski definition) is 5. The topological polar surface area (TPSA) is 47.4 Å². The van der Waals surface area contributed by atoms with Gasteiger partial charge in [0.05, 0.1) is 17.2 Å². The van der Waals surface area contributed by atoms with E-state index >= 15 is 0 Å². The van der Waals surface area contributed by atoms with Crippen LogP contribution in [0.3, 0.4) is 0 Å². The van der Waals surface area contributed by atoms with Gasteiger partial charge in [0.25, 0.3) is 5.91 Å². The Labute approximate surface area is 242 Å². The normalized spacial score (nSPS) is 14.5. The third-order valence-corrected chi connectivity index (χ3v) is 8.26. The molecule has 0 spiro atoms. The number of rotatable bonds is 14. The number of thioether (sulfide) groups is 1. The molecule has 7 heteroatoms. The molecule has 1 fully saturated rings. The summed E-state index contributed by atoms with van der Waals surface area (Å²) in [5.74, 6) is 0.859. The molecule has 2 aromatic carbocycles. The number of carbonyl (C=O) groups excluding carboxylic acids is 1. The van der Waals surface area contributed by atoms with Crippen LogP contribution >= 0.6 is 24.0 Å². The third-order valence-electron chi connectivity index (χ3n) is 6.88. The Morgan fingerprint density at radius 2 is 1.72 bits per heavy atom. The van der Waals surface area contributed by atoms with Crippen molar-refractivity contribution < 1.29 is 9.53 Å². The van der Waals surface area contributed by atoms with E-state index in [0.29, 0.717) is 22.4 Å². The van der Waals surface area contributed by atoms with Crippen molar-refractivity contribution in [2.75, 3.05) is 13.2 Å². The Bertz CT molecular complexity index is 1300. The molecule has 1 aromatic heterocycles. The van der Waals surface area contributed by atoms with Crippen LogP contribution in [0.25, 0.3) is 23.0 Å². The highest BCUT2D eigenvalue weighted by Crippen LogP contribution is 2.36. The summed E-state index contributed by atoms with van der Waals surface area (Å²) in [7, 11) is 0. The van der Waals surface area contributed by atoms with E-state index in [9.17, 15) is 4.79 Å². The van der Waals surface area contributed by atoms with Crippen LogP contribution in [-0.2, 0) is 4.79 Å². The van der Waals surface area contributed by atoms with Crippen LogP contribution in [-0.4, -0.2) is 38.1 Å². The zero-order valence-electron chi connectivity index (χ0n) is 23.3. The lowest BCUT2D eigenvalue weighted by molar-refractivity contribution is -0.122. The van der Waals surface area contributed by atoms with Gasteiger partial charge in [-0.1, -0.05) is 94.6 Å². The number of benzene rings is 2. The van der Waals surface area contributed by atoms with E-state index in [-0.39, 0.29) is 5.91 Å². The predicted octanol–water partition coefficient (Wildman–Crippen LogP) is 8.59. The van der Waals surface area contributed by atoms with E-state index in [1.54, 1.807) is 4.90 Å². The maximum absolute atomic E-state index is 13.4. The molecule has 0 radical (unpaired) electrons. The summed E-state index contributed by atoms with van der Waals surface area (Å²) in [6, 6.07) is 16.2. The number of unbranched alkanes of at least 4 members (excludes halogenated alkanes) is 6. The highest BCUT2D eigenvalue weighted by Gasteiger charge is 2.32. The zero-order chi connectivity index (χ0) is 27.6. The van der Waals surface area contributed by atoms with Crippen LogP contribution in [0.1, 0.15) is 76.3 Å². The molecule has 2 heterocycles. The smallest absolute Gasteiger partial charge is 0.266 e. The minimum absolute atomic E-state index is 0.00615. The van der Waals surface area contributed by atoms with E-state index in [2.05, 4.69) is 32.9 Å². The Balaban J connectivity index is 1.60. The molecule has 4 rings (SSSR count). The lowest BCUT2D eigenvalue weighted by Crippen LogP contribution is -2.29. The van der Waals surface area contributed by atoms with Crippen molar-refractivity contribution in [2.45, 2.75) is 72.1 Å². The molecule has 1 saturated heterocycles. The van der Waals surface area contributed by atoms with Crippen LogP contribution in [0, 0.1) is 6.92 Å². The molecule has 0 N–H and O–H groups in total. The standard InChI is InChI=1S/C32H39N3O2S2/c1-4-6-8-9-10-14-19-34-31(36)29(39-32(34)38)22-25-23-35(26-15-12-11-13-16-26)33-30(25)28-18-17-27(21-24(28)3)37-20-7-5-2/h11-13,15-18,21-23H,4-10,14,19-20H2,1-3H3/b29-22-. The average molecular weight is 562 g/mol. The third kappa shape index (κ3) is 7.61. The van der Waals surface area contributed by atoms with Crippen molar-refractivity contribution in [3.63, 3.8) is 0 Å². The molecule has 1 amide bonds. The molecule has 0 atom stereocenters. The van der Waals surface area contributed by atoms with Crippen molar-refractivity contribution in [3.05, 3.63) is 70.8 Å². The zero-order valence-corrected chi connectivity index (χ0v) is 25.0. The van der Waals surface area contributed by atoms with Gasteiger partial charge in [-0.15, -0.1) is 0 Å². The molecule has 1 aliphatic heterocycles. The predicted molar refractivity (Wildman–Crippen MR) is 167 cm³/mol. The number of nitrogens with zero attached hydrogens (tertiary/aromatic N) is 3. The van der Waals surface area contributed by atoms with Crippen LogP contribution in [0.5, 0.6) is 5.75 Å². The highest BCUT2D eigenvalue weighted by molar-refractivity contribution is 8.26. The van der Waals surface area contributed by atoms with Crippen LogP contribution in [0.4, 0.5) is 0 Å². The van der Waals surface area contributed by atoms with Gasteiger partial charge in [-0.25, -0.2) is 4.68 Å². The molecule has 0 saturated carbocycles. The number of para-hydroxylation sites is 1. The monoisotopic (exact) mass is 561 g/mol. The second-order valence-electron chi connectivity index (χ2n) is 9.99. The van der Waals surface area contributed by atoms with E-state index in [0.717, 1.165) is 59.5 Å². The van der Waals surface area contributed by atoms with Gasteiger partial charge in [-0.2, -0.15) is 5.10 Å². The van der Waals surface area contributed by atoms with Crippen LogP contribution in [0.15, 0.2) is 59.6 Å². The molecule has 1 aliphatic rings. The maximum atomic E-state index is 13.4. The molecule has 0 unspecified atom stereocenters. The fourth-order valence-corrected chi connectivity index (χ4v) is 5.92. The van der Waals surface area contributed by atoms with E-state index in [4.69, 9.17) is 22.1 Å². The molecular formula is C32H39N3O2S2. The molecule has 206 valence electrons. The van der Waals surface area contributed by atoms with Gasteiger partial charge in [-0.05, 0) is 61.7 Å². The number of thiocarbonyl (C=S) groups is 1. The van der Waals surface area contributed by atoms with Gasteiger partial charge in [0.1, 0.15) is 15.8 Å². The summed E-state index contributed by atoms with van der Waals surface area (Å²) in [6.45, 7) is 7.85. The Morgan fingerprint density at radius 3 is 2.46 bits per heavy atom. The van der Waals surface area contributed by atoms with E-state index in [1.165, 1.54) is 37.4 Å². The minimum Gasteiger partial charge on any atom is -0.494 e. The first-order valence-electron chi connectivity index (χ1n) is 14.2. The number of hydrogen-bond donors (Lipinski definition) is 0. The van der Waals surface area contributed by atoms with Crippen molar-refractivity contribution in [1.82, 2.24) is 14.7 Å². The van der Waals surface area contributed by atoms with E-state index in [1.807, 2.05) is 53.4 Å². The van der Waals surface area contributed by atoms with Crippen molar-refractivity contribution in [1.29, 1.82) is 0 Å². The molecule has 3 aromatic rings. The van der Waals surface area contributed by atoms with Gasteiger partial charge in [0, 0.05) is 23.9 Å². The number of carbonyl (C=O) groups is 1. The molecule has 0 bridgehead atoms. The van der Waals surface area contributed by atoms with Gasteiger partial charge in [-0.3, -0.25) is 9.69 Å². The summed E-state index contributed by atoms with van der Waals surface area (Å²) >= 11 is 7.00. The summed E-state index contributed by atoms with van der Waals surface area (Å²) in [4.78, 5) is 15.8.